The first kappa shape index (κ1) is 95.9. The van der Waals surface area contributed by atoms with Crippen LogP contribution in [0.2, 0.25) is 0 Å². The van der Waals surface area contributed by atoms with Gasteiger partial charge in [-0.05, 0) is 161 Å². The van der Waals surface area contributed by atoms with Crippen molar-refractivity contribution in [3.63, 3.8) is 0 Å². The van der Waals surface area contributed by atoms with Crippen LogP contribution in [0.25, 0.3) is 0 Å². The zero-order chi connectivity index (χ0) is 74.6. The fraction of sp³-hybridized carbons (Fsp3) is 0.566. The number of aliphatic hydroxyl groups excluding tert-OH is 1. The Morgan fingerprint density at radius 1 is 0.284 bits per heavy atom. The molecule has 0 aliphatic carbocycles. The van der Waals surface area contributed by atoms with E-state index in [1.165, 1.54) is 0 Å². The van der Waals surface area contributed by atoms with E-state index in [1.54, 1.807) is 6.08 Å². The number of ether oxygens (including phenoxy) is 4. The van der Waals surface area contributed by atoms with Crippen molar-refractivity contribution in [2.45, 2.75) is 264 Å². The molecule has 19 heteroatoms. The summed E-state index contributed by atoms with van der Waals surface area (Å²) in [5.74, 6) is -2.46. The molecule has 5 atom stereocenters. The number of rotatable bonds is 68. The summed E-state index contributed by atoms with van der Waals surface area (Å²) in [6.45, 7) is 4.14. The topological polar surface area (TPSA) is 237 Å². The highest BCUT2D eigenvalue weighted by Crippen LogP contribution is 2.45. The molecule has 0 aliphatic heterocycles. The predicted octanol–water partition coefficient (Wildman–Crippen LogP) is 21.8. The monoisotopic (exact) mass is 1460 g/mol. The molecule has 5 unspecified atom stereocenters. The van der Waals surface area contributed by atoms with Crippen LogP contribution in [0.3, 0.4) is 0 Å². The molecule has 3 N–H and O–H groups in total. The van der Waals surface area contributed by atoms with Gasteiger partial charge in [-0.2, -0.15) is 0 Å². The van der Waals surface area contributed by atoms with Gasteiger partial charge in [0.05, 0.1) is 32.8 Å². The molecule has 0 spiro atoms. The van der Waals surface area contributed by atoms with Crippen LogP contribution in [0.4, 0.5) is 0 Å². The van der Waals surface area contributed by atoms with E-state index >= 15 is 0 Å². The number of esters is 4. The number of aliphatic hydroxyl groups is 1. The number of phosphoric ester groups is 2. The molecule has 0 saturated carbocycles. The van der Waals surface area contributed by atoms with Crippen LogP contribution in [0.5, 0.6) is 0 Å². The van der Waals surface area contributed by atoms with Gasteiger partial charge >= 0.3 is 39.5 Å². The van der Waals surface area contributed by atoms with Crippen LogP contribution in [0, 0.1) is 0 Å². The molecule has 0 aliphatic rings. The largest absolute Gasteiger partial charge is 0.472 e. The minimum atomic E-state index is -5.02. The van der Waals surface area contributed by atoms with Crippen molar-refractivity contribution in [3.8, 4) is 0 Å². The zero-order valence-corrected chi connectivity index (χ0v) is 64.2. The number of carbonyl (C=O) groups excluding carboxylic acids is 4. The number of hydrogen-bond acceptors (Lipinski definition) is 15. The highest BCUT2D eigenvalue weighted by Gasteiger charge is 2.30. The van der Waals surface area contributed by atoms with E-state index in [0.29, 0.717) is 38.5 Å². The third-order valence-corrected chi connectivity index (χ3v) is 16.5. The van der Waals surface area contributed by atoms with Gasteiger partial charge in [-0.15, -0.1) is 0 Å². The molecule has 0 amide bonds. The Morgan fingerprint density at radius 3 is 0.843 bits per heavy atom. The van der Waals surface area contributed by atoms with Gasteiger partial charge in [0, 0.05) is 19.3 Å². The van der Waals surface area contributed by atoms with Gasteiger partial charge in [-0.25, -0.2) is 9.13 Å². The molecule has 0 aromatic rings. The zero-order valence-electron chi connectivity index (χ0n) is 62.4. The maximum atomic E-state index is 13.1. The fourth-order valence-corrected chi connectivity index (χ4v) is 10.6. The van der Waals surface area contributed by atoms with Crippen molar-refractivity contribution in [2.75, 3.05) is 39.6 Å². The average Bonchev–Trinajstić information content (AvgIpc) is 0.926. The normalized spacial score (nSPS) is 15.0. The number of hydrogen-bond donors (Lipinski definition) is 3. The Labute approximate surface area is 615 Å². The summed E-state index contributed by atoms with van der Waals surface area (Å²) in [5, 5.41) is 10.6. The Kier molecular flexibility index (Phi) is 68.8. The molecule has 0 rings (SSSR count). The maximum absolute atomic E-state index is 13.1. The Morgan fingerprint density at radius 2 is 0.520 bits per heavy atom. The molecular formula is C83H130O17P2. The van der Waals surface area contributed by atoms with E-state index in [0.717, 1.165) is 154 Å². The summed E-state index contributed by atoms with van der Waals surface area (Å²) in [5.41, 5.74) is 0. The summed E-state index contributed by atoms with van der Waals surface area (Å²) in [6.07, 6.45) is 89.0. The third kappa shape index (κ3) is 72.3. The summed E-state index contributed by atoms with van der Waals surface area (Å²) in [7, 11) is -10.0. The lowest BCUT2D eigenvalue weighted by Gasteiger charge is -2.21. The first-order valence-electron chi connectivity index (χ1n) is 37.7. The molecule has 17 nitrogen and oxygen atoms in total. The molecule has 574 valence electrons. The molecule has 0 radical (unpaired) electrons. The van der Waals surface area contributed by atoms with Gasteiger partial charge in [-0.1, -0.05) is 254 Å². The highest BCUT2D eigenvalue weighted by molar-refractivity contribution is 7.47. The second-order valence-electron chi connectivity index (χ2n) is 24.1. The second kappa shape index (κ2) is 73.2. The fourth-order valence-electron chi connectivity index (χ4n) is 8.99. The molecule has 0 aromatic heterocycles. The summed E-state index contributed by atoms with van der Waals surface area (Å²) in [6, 6.07) is 0. The van der Waals surface area contributed by atoms with Gasteiger partial charge in [0.15, 0.2) is 12.2 Å². The lowest BCUT2D eigenvalue weighted by atomic mass is 10.1. The van der Waals surface area contributed by atoms with Crippen LogP contribution in [0.1, 0.15) is 246 Å². The van der Waals surface area contributed by atoms with Gasteiger partial charge in [0.2, 0.25) is 0 Å². The number of phosphoric acid groups is 2. The minimum Gasteiger partial charge on any atom is -0.462 e. The Balaban J connectivity index is 5.52. The number of allylic oxidation sites excluding steroid dienone is 31. The molecule has 0 saturated heterocycles. The molecule has 102 heavy (non-hydrogen) atoms. The number of unbranched alkanes of at least 4 members (excludes halogenated alkanes) is 11. The van der Waals surface area contributed by atoms with E-state index in [4.69, 9.17) is 37.0 Å². The van der Waals surface area contributed by atoms with Gasteiger partial charge in [0.1, 0.15) is 19.3 Å². The lowest BCUT2D eigenvalue weighted by molar-refractivity contribution is -0.161. The van der Waals surface area contributed by atoms with Crippen molar-refractivity contribution in [1.82, 2.24) is 0 Å². The van der Waals surface area contributed by atoms with Crippen molar-refractivity contribution in [3.05, 3.63) is 194 Å². The van der Waals surface area contributed by atoms with Crippen LogP contribution >= 0.6 is 15.6 Å². The highest BCUT2D eigenvalue weighted by atomic mass is 31.2. The quantitative estimate of drug-likeness (QED) is 0.0169. The Hall–Kier alpha value is -6.10. The first-order chi connectivity index (χ1) is 49.7. The van der Waals surface area contributed by atoms with E-state index in [9.17, 15) is 43.2 Å². The van der Waals surface area contributed by atoms with Crippen molar-refractivity contribution < 1.29 is 80.2 Å². The van der Waals surface area contributed by atoms with E-state index in [2.05, 4.69) is 192 Å². The summed E-state index contributed by atoms with van der Waals surface area (Å²) in [4.78, 5) is 72.8. The average molecular weight is 1460 g/mol. The SMILES string of the molecule is CC/C=C\C/C=C\C/C=C\C/C=C\C/C=C\CC(=O)OCC(COP(=O)(O)OCC(O)COP(=O)(O)OCC(COC(=O)CCCCCCCCC/C=C\C/C=C\C/C=C\CC)OC(=O)CCCC/C=C\C/C=C\C/C=C\C/C=C\CC)OC(=O)CCCC/C=C\C/C=C\C/C=C\C/C=C\CC. The number of carbonyl (C=O) groups is 4. The van der Waals surface area contributed by atoms with E-state index < -0.39 is 97.5 Å². The van der Waals surface area contributed by atoms with Crippen molar-refractivity contribution in [2.24, 2.45) is 0 Å². The molecule has 0 heterocycles. The summed E-state index contributed by atoms with van der Waals surface area (Å²) < 4.78 is 68.2. The molecule has 0 aromatic carbocycles. The van der Waals surface area contributed by atoms with Crippen molar-refractivity contribution >= 4 is 39.5 Å². The van der Waals surface area contributed by atoms with Crippen LogP contribution in [0.15, 0.2) is 194 Å². The predicted molar refractivity (Wildman–Crippen MR) is 417 cm³/mol. The van der Waals surface area contributed by atoms with Gasteiger partial charge < -0.3 is 33.8 Å². The standard InChI is InChI=1S/C83H130O17P2/c1-5-9-13-17-21-25-29-33-37-38-42-44-48-52-56-60-64-68-81(86)94-74-79(100-83(88)70-66-62-58-54-50-46-41-36-32-28-24-20-16-12-8-4)76-98-102(91,92)96-72-77(84)71-95-101(89,90)97-75-78(99-82(87)69-65-61-57-53-49-45-40-35-31-27-23-19-15-11-7-3)73-93-80(85)67-63-59-55-51-47-43-39-34-30-26-22-18-14-10-6-2/h9-16,21-28,33-37,39-41,47,49-51,53-54,59,63,77-79,84H,5-8,17-20,29-32,38,42-46,48,52,55-58,60-62,64-76H2,1-4H3,(H,89,90)(H,91,92)/b13-9-,14-10-,15-11-,16-12-,25-21-,26-22-,27-23-,28-24-,37-33-,39-34-,40-35-,41-36-,51-47-,53-49-,54-50-,63-59-. The minimum absolute atomic E-state index is 0.0140. The molecule has 0 fully saturated rings. The summed E-state index contributed by atoms with van der Waals surface area (Å²) >= 11 is 0. The second-order valence-corrected chi connectivity index (χ2v) is 27.0. The Bertz CT molecular complexity index is 2700. The van der Waals surface area contributed by atoms with Gasteiger partial charge in [0.25, 0.3) is 0 Å². The molecular weight excluding hydrogens is 1330 g/mol. The van der Waals surface area contributed by atoms with Gasteiger partial charge in [-0.3, -0.25) is 37.3 Å². The van der Waals surface area contributed by atoms with E-state index in [-0.39, 0.29) is 25.7 Å². The van der Waals surface area contributed by atoms with Crippen molar-refractivity contribution in [1.29, 1.82) is 0 Å². The lowest BCUT2D eigenvalue weighted by Crippen LogP contribution is -2.30. The van der Waals surface area contributed by atoms with Crippen LogP contribution in [-0.4, -0.2) is 96.7 Å². The van der Waals surface area contributed by atoms with E-state index in [1.807, 2.05) is 24.3 Å². The van der Waals surface area contributed by atoms with Crippen LogP contribution in [-0.2, 0) is 65.4 Å². The van der Waals surface area contributed by atoms with Crippen LogP contribution < -0.4 is 0 Å². The first-order valence-corrected chi connectivity index (χ1v) is 40.7. The smallest absolute Gasteiger partial charge is 0.462 e. The molecule has 0 bridgehead atoms. The maximum Gasteiger partial charge on any atom is 0.472 e. The third-order valence-electron chi connectivity index (χ3n) is 14.6.